The van der Waals surface area contributed by atoms with E-state index in [4.69, 9.17) is 27.3 Å². The molecule has 0 amide bonds. The third kappa shape index (κ3) is 5.34. The second-order valence-corrected chi connectivity index (χ2v) is 11.2. The minimum absolute atomic E-state index is 0.0758. The van der Waals surface area contributed by atoms with Crippen molar-refractivity contribution in [1.82, 2.24) is 0 Å². The summed E-state index contributed by atoms with van der Waals surface area (Å²) in [6.45, 7) is 3.56. The first-order chi connectivity index (χ1) is 16.1. The van der Waals surface area contributed by atoms with Gasteiger partial charge in [0.15, 0.2) is 12.4 Å². The lowest BCUT2D eigenvalue weighted by atomic mass is 9.99. The Kier molecular flexibility index (Phi) is 7.41. The summed E-state index contributed by atoms with van der Waals surface area (Å²) in [5.41, 5.74) is 1.72. The molecule has 10 nitrogen and oxygen atoms in total. The van der Waals surface area contributed by atoms with Crippen molar-refractivity contribution in [2.45, 2.75) is 54.3 Å². The molecule has 0 saturated carbocycles. The predicted octanol–water partition coefficient (Wildman–Crippen LogP) is 1.90. The normalized spacial score (nSPS) is 27.8. The zero-order chi connectivity index (χ0) is 24.5. The predicted molar refractivity (Wildman–Crippen MR) is 118 cm³/mol. The summed E-state index contributed by atoms with van der Waals surface area (Å²) in [4.78, 5) is -0.203. The van der Waals surface area contributed by atoms with Gasteiger partial charge in [0, 0.05) is 7.11 Å². The van der Waals surface area contributed by atoms with E-state index in [-0.39, 0.29) is 23.2 Å². The molecule has 186 valence electrons. The topological polar surface area (TPSA) is 124 Å². The van der Waals surface area contributed by atoms with Gasteiger partial charge in [-0.1, -0.05) is 35.4 Å². The maximum Gasteiger partial charge on any atom is 0.297 e. The fraction of sp³-hybridized carbons (Fsp3) is 0.455. The van der Waals surface area contributed by atoms with Crippen molar-refractivity contribution in [3.8, 4) is 0 Å². The maximum absolute atomic E-state index is 13.1. The largest absolute Gasteiger partial charge is 0.353 e. The van der Waals surface area contributed by atoms with E-state index in [1.807, 2.05) is 13.8 Å². The lowest BCUT2D eigenvalue weighted by molar-refractivity contribution is -0.326. The van der Waals surface area contributed by atoms with Crippen LogP contribution in [0.4, 0.5) is 0 Å². The highest BCUT2D eigenvalue weighted by Crippen LogP contribution is 2.34. The Bertz CT molecular complexity index is 1190. The van der Waals surface area contributed by atoms with Crippen LogP contribution in [0.3, 0.4) is 0 Å². The van der Waals surface area contributed by atoms with E-state index in [0.717, 1.165) is 11.1 Å². The van der Waals surface area contributed by atoms with Gasteiger partial charge < -0.3 is 18.9 Å². The van der Waals surface area contributed by atoms with Gasteiger partial charge in [0.05, 0.1) is 16.4 Å². The Morgan fingerprint density at radius 1 is 0.794 bits per heavy atom. The summed E-state index contributed by atoms with van der Waals surface area (Å²) in [5, 5.41) is 0. The van der Waals surface area contributed by atoms with Crippen molar-refractivity contribution in [3.05, 3.63) is 59.7 Å². The number of methoxy groups -OCH3 is 1. The second-order valence-electron chi connectivity index (χ2n) is 8.05. The Hall–Kier alpha value is -1.90. The van der Waals surface area contributed by atoms with E-state index < -0.39 is 50.9 Å². The van der Waals surface area contributed by atoms with Crippen LogP contribution in [-0.4, -0.2) is 68.1 Å². The lowest BCUT2D eigenvalue weighted by Gasteiger charge is -2.45. The third-order valence-corrected chi connectivity index (χ3v) is 8.19. The molecule has 0 spiro atoms. The van der Waals surface area contributed by atoms with Gasteiger partial charge in [0.25, 0.3) is 20.2 Å². The molecular formula is C22H26O10S2. The molecule has 0 aromatic heterocycles. The van der Waals surface area contributed by atoms with Gasteiger partial charge in [-0.15, -0.1) is 0 Å². The Balaban J connectivity index is 1.70. The van der Waals surface area contributed by atoms with Crippen LogP contribution in [0, 0.1) is 13.8 Å². The summed E-state index contributed by atoms with van der Waals surface area (Å²) >= 11 is 0. The van der Waals surface area contributed by atoms with E-state index in [1.54, 1.807) is 24.3 Å². The highest BCUT2D eigenvalue weighted by molar-refractivity contribution is 7.87. The van der Waals surface area contributed by atoms with Crippen LogP contribution in [0.5, 0.6) is 0 Å². The molecule has 2 fully saturated rings. The minimum atomic E-state index is -4.34. The molecule has 2 aliphatic rings. The number of ether oxygens (including phenoxy) is 4. The number of rotatable bonds is 7. The molecular weight excluding hydrogens is 488 g/mol. The highest BCUT2D eigenvalue weighted by atomic mass is 32.2. The van der Waals surface area contributed by atoms with E-state index in [9.17, 15) is 16.8 Å². The van der Waals surface area contributed by atoms with Crippen LogP contribution in [-0.2, 0) is 47.5 Å². The van der Waals surface area contributed by atoms with E-state index in [2.05, 4.69) is 0 Å². The molecule has 2 heterocycles. The molecule has 2 aromatic carbocycles. The highest BCUT2D eigenvalue weighted by Gasteiger charge is 2.53. The number of benzene rings is 2. The third-order valence-electron chi connectivity index (χ3n) is 5.54. The van der Waals surface area contributed by atoms with Gasteiger partial charge in [-0.2, -0.15) is 16.8 Å². The van der Waals surface area contributed by atoms with Gasteiger partial charge in [0.2, 0.25) is 0 Å². The summed E-state index contributed by atoms with van der Waals surface area (Å²) in [6, 6.07) is 12.1. The van der Waals surface area contributed by atoms with Crippen molar-refractivity contribution in [3.63, 3.8) is 0 Å². The molecule has 0 radical (unpaired) electrons. The van der Waals surface area contributed by atoms with Crippen molar-refractivity contribution in [2.24, 2.45) is 0 Å². The van der Waals surface area contributed by atoms with E-state index in [0.29, 0.717) is 0 Å². The first-order valence-corrected chi connectivity index (χ1v) is 13.3. The molecule has 0 bridgehead atoms. The van der Waals surface area contributed by atoms with Crippen LogP contribution in [0.15, 0.2) is 58.3 Å². The van der Waals surface area contributed by atoms with Crippen LogP contribution >= 0.6 is 0 Å². The monoisotopic (exact) mass is 514 g/mol. The fourth-order valence-corrected chi connectivity index (χ4v) is 5.89. The molecule has 12 heteroatoms. The zero-order valence-corrected chi connectivity index (χ0v) is 20.5. The number of hydrogen-bond donors (Lipinski definition) is 0. The molecule has 4 rings (SSSR count). The maximum atomic E-state index is 13.1. The molecule has 2 aromatic rings. The van der Waals surface area contributed by atoms with Crippen LogP contribution in [0.2, 0.25) is 0 Å². The van der Waals surface area contributed by atoms with E-state index in [1.165, 1.54) is 31.4 Å². The number of hydrogen-bond acceptors (Lipinski definition) is 10. The lowest BCUT2D eigenvalue weighted by Crippen LogP contribution is -2.63. The molecule has 2 aliphatic heterocycles. The molecule has 0 aliphatic carbocycles. The second kappa shape index (κ2) is 9.99. The van der Waals surface area contributed by atoms with Crippen LogP contribution in [0.1, 0.15) is 11.1 Å². The van der Waals surface area contributed by atoms with Crippen molar-refractivity contribution < 1.29 is 44.1 Å². The Morgan fingerprint density at radius 3 is 1.79 bits per heavy atom. The van der Waals surface area contributed by atoms with Gasteiger partial charge >= 0.3 is 0 Å². The summed E-state index contributed by atoms with van der Waals surface area (Å²) in [6.07, 6.45) is -5.92. The quantitative estimate of drug-likeness (QED) is 0.506. The van der Waals surface area contributed by atoms with Crippen molar-refractivity contribution >= 4 is 20.2 Å². The van der Waals surface area contributed by atoms with Gasteiger partial charge in [0.1, 0.15) is 25.1 Å². The summed E-state index contributed by atoms with van der Waals surface area (Å²) < 4.78 is 85.3. The van der Waals surface area contributed by atoms with Crippen LogP contribution in [0.25, 0.3) is 0 Å². The average molecular weight is 515 g/mol. The first kappa shape index (κ1) is 25.2. The molecule has 0 unspecified atom stereocenters. The standard InChI is InChI=1S/C22H26O10S2/c1-14-4-8-16(9-5-14)33(23,24)31-20-19-18(12-28-13-29-19)30-22(27-3)21(20)32-34(25,26)17-10-6-15(2)7-11-17/h4-11,18-22H,12-13H2,1-3H3/t18-,19-,20-,21-,22+/m1/s1. The van der Waals surface area contributed by atoms with E-state index >= 15 is 0 Å². The average Bonchev–Trinajstić information content (AvgIpc) is 2.80. The van der Waals surface area contributed by atoms with Gasteiger partial charge in [-0.25, -0.2) is 0 Å². The summed E-state index contributed by atoms with van der Waals surface area (Å²) in [5.74, 6) is 0. The van der Waals surface area contributed by atoms with Crippen molar-refractivity contribution in [1.29, 1.82) is 0 Å². The first-order valence-electron chi connectivity index (χ1n) is 10.5. The van der Waals surface area contributed by atoms with Gasteiger partial charge in [-0.05, 0) is 38.1 Å². The van der Waals surface area contributed by atoms with Gasteiger partial charge in [-0.3, -0.25) is 8.37 Å². The minimum Gasteiger partial charge on any atom is -0.353 e. The molecule has 0 N–H and O–H groups in total. The SMILES string of the molecule is CO[C@H]1O[C@@H]2COCO[C@H]2[C@@H](OS(=O)(=O)c2ccc(C)cc2)[C@H]1OS(=O)(=O)c1ccc(C)cc1. The number of fused-ring (bicyclic) bond motifs is 1. The smallest absolute Gasteiger partial charge is 0.297 e. The Labute approximate surface area is 198 Å². The van der Waals surface area contributed by atoms with Crippen LogP contribution < -0.4 is 0 Å². The fourth-order valence-electron chi connectivity index (χ4n) is 3.72. The zero-order valence-electron chi connectivity index (χ0n) is 18.8. The van der Waals surface area contributed by atoms with Crippen molar-refractivity contribution in [2.75, 3.05) is 20.5 Å². The number of aryl methyl sites for hydroxylation is 2. The molecule has 5 atom stereocenters. The summed E-state index contributed by atoms with van der Waals surface area (Å²) in [7, 11) is -7.37. The Morgan fingerprint density at radius 2 is 1.29 bits per heavy atom. The molecule has 34 heavy (non-hydrogen) atoms. The molecule has 2 saturated heterocycles.